The molecule has 0 bridgehead atoms. The molecule has 0 radical (unpaired) electrons. The minimum atomic E-state index is 0.918. The van der Waals surface area contributed by atoms with Crippen LogP contribution in [0.4, 0.5) is 0 Å². The molecule has 282 valence electrons. The molecule has 1 aliphatic rings. The molecule has 9 aromatic carbocycles. The Balaban J connectivity index is 1.08. The molecule has 0 aliphatic carbocycles. The Morgan fingerprint density at radius 3 is 1.87 bits per heavy atom. The Kier molecular flexibility index (Phi) is 7.36. The summed E-state index contributed by atoms with van der Waals surface area (Å²) in [5.74, 6) is 1.01. The van der Waals surface area contributed by atoms with Crippen LogP contribution in [0.3, 0.4) is 0 Å². The van der Waals surface area contributed by atoms with Crippen LogP contribution in [0.1, 0.15) is 5.56 Å². The summed E-state index contributed by atoms with van der Waals surface area (Å²) >= 11 is 1.95. The lowest BCUT2D eigenvalue weighted by Crippen LogP contribution is -2.01. The van der Waals surface area contributed by atoms with Gasteiger partial charge in [-0.2, -0.15) is 0 Å². The average Bonchev–Trinajstić information content (AvgIpc) is 3.92. The first-order valence-electron chi connectivity index (χ1n) is 20.7. The second-order valence-electron chi connectivity index (χ2n) is 15.9. The number of rotatable bonds is 4. The highest BCUT2D eigenvalue weighted by atomic mass is 32.2. The predicted octanol–water partition coefficient (Wildman–Crippen LogP) is 15.4. The van der Waals surface area contributed by atoms with Crippen molar-refractivity contribution in [1.29, 1.82) is 0 Å². The molecule has 0 unspecified atom stereocenters. The predicted molar refractivity (Wildman–Crippen MR) is 253 cm³/mol. The zero-order valence-corrected chi connectivity index (χ0v) is 33.4. The second-order valence-corrected chi connectivity index (χ2v) is 17.0. The van der Waals surface area contributed by atoms with E-state index in [0.717, 1.165) is 51.1 Å². The van der Waals surface area contributed by atoms with Gasteiger partial charge in [-0.1, -0.05) is 133 Å². The van der Waals surface area contributed by atoms with Gasteiger partial charge in [0.2, 0.25) is 0 Å². The van der Waals surface area contributed by atoms with Crippen molar-refractivity contribution in [3.8, 4) is 44.8 Å². The van der Waals surface area contributed by atoms with Gasteiger partial charge in [0.05, 0.1) is 22.1 Å². The van der Waals surface area contributed by atoms with Crippen LogP contribution in [-0.4, -0.2) is 14.9 Å². The van der Waals surface area contributed by atoms with Gasteiger partial charge >= 0.3 is 0 Å². The van der Waals surface area contributed by atoms with E-state index in [1.54, 1.807) is 0 Å². The van der Waals surface area contributed by atoms with Crippen molar-refractivity contribution in [1.82, 2.24) is 9.13 Å². The van der Waals surface area contributed by atoms with Crippen molar-refractivity contribution in [3.63, 3.8) is 0 Å². The quantitative estimate of drug-likeness (QED) is 0.177. The zero-order valence-electron chi connectivity index (χ0n) is 32.6. The highest BCUT2D eigenvalue weighted by Gasteiger charge is 2.24. The standard InChI is InChI=1S/C56H36N2OS/c1-2-14-36(15-3-1)58-51-25-9-4-16-40(51)44-21-12-20-38(55(44)58)35-28-29-52-49(32-35)41-17-5-8-24-50(41)57(52)37-33-47-39(30-31-60-54-27-11-7-19-43(47)54)48(34-37)46-23-13-22-45-42-18-6-10-26-53(42)59-56(45)46/h1-29,32-34H,30-31H2. The Morgan fingerprint density at radius 1 is 0.400 bits per heavy atom. The summed E-state index contributed by atoms with van der Waals surface area (Å²) in [6.07, 6.45) is 0.961. The van der Waals surface area contributed by atoms with Crippen molar-refractivity contribution >= 4 is 77.3 Å². The molecule has 1 aliphatic heterocycles. The SMILES string of the molecule is c1ccc(-n2c3ccccc3c3cccc(-c4ccc5c(c4)c4ccccc4n5-c4cc5c(c(-c6cccc7c6oc6ccccc67)c4)CCSc4ccccc4-5)c32)cc1. The van der Waals surface area contributed by atoms with Crippen LogP contribution >= 0.6 is 11.8 Å². The number of fused-ring (bicyclic) bond motifs is 12. The molecule has 0 spiro atoms. The second kappa shape index (κ2) is 13.1. The molecule has 0 fully saturated rings. The molecular weight excluding hydrogens is 749 g/mol. The zero-order chi connectivity index (χ0) is 39.3. The molecule has 3 nitrogen and oxygen atoms in total. The van der Waals surface area contributed by atoms with Crippen LogP contribution in [-0.2, 0) is 6.42 Å². The summed E-state index contributed by atoms with van der Waals surface area (Å²) in [5.41, 5.74) is 17.7. The van der Waals surface area contributed by atoms with Crippen molar-refractivity contribution in [2.24, 2.45) is 0 Å². The third kappa shape index (κ3) is 4.92. The van der Waals surface area contributed by atoms with Crippen LogP contribution in [0.2, 0.25) is 0 Å². The lowest BCUT2D eigenvalue weighted by molar-refractivity contribution is 0.670. The molecule has 12 aromatic rings. The van der Waals surface area contributed by atoms with Gasteiger partial charge in [-0.15, -0.1) is 11.8 Å². The third-order valence-electron chi connectivity index (χ3n) is 12.7. The van der Waals surface area contributed by atoms with Crippen molar-refractivity contribution in [3.05, 3.63) is 200 Å². The van der Waals surface area contributed by atoms with Crippen LogP contribution < -0.4 is 0 Å². The van der Waals surface area contributed by atoms with Gasteiger partial charge in [0.1, 0.15) is 11.2 Å². The van der Waals surface area contributed by atoms with E-state index in [2.05, 4.69) is 203 Å². The number of aromatic nitrogens is 2. The molecule has 3 aromatic heterocycles. The first-order chi connectivity index (χ1) is 29.8. The molecule has 0 saturated carbocycles. The lowest BCUT2D eigenvalue weighted by atomic mass is 9.89. The fourth-order valence-corrected chi connectivity index (χ4v) is 11.1. The molecule has 0 atom stereocenters. The van der Waals surface area contributed by atoms with Crippen LogP contribution in [0.25, 0.3) is 110 Å². The lowest BCUT2D eigenvalue weighted by Gasteiger charge is -2.19. The van der Waals surface area contributed by atoms with Crippen LogP contribution in [0.5, 0.6) is 0 Å². The highest BCUT2D eigenvalue weighted by Crippen LogP contribution is 2.47. The molecule has 0 N–H and O–H groups in total. The highest BCUT2D eigenvalue weighted by molar-refractivity contribution is 7.99. The van der Waals surface area contributed by atoms with E-state index < -0.39 is 0 Å². The fraction of sp³-hybridized carbons (Fsp3) is 0.0357. The number of benzene rings is 9. The summed E-state index contributed by atoms with van der Waals surface area (Å²) in [7, 11) is 0. The van der Waals surface area contributed by atoms with E-state index in [9.17, 15) is 0 Å². The summed E-state index contributed by atoms with van der Waals surface area (Å²) in [4.78, 5) is 1.33. The van der Waals surface area contributed by atoms with Crippen molar-refractivity contribution in [2.75, 3.05) is 5.75 Å². The van der Waals surface area contributed by atoms with Gasteiger partial charge in [-0.25, -0.2) is 0 Å². The normalized spacial score (nSPS) is 12.8. The monoisotopic (exact) mass is 784 g/mol. The maximum Gasteiger partial charge on any atom is 0.143 e. The maximum absolute atomic E-state index is 6.73. The first-order valence-corrected chi connectivity index (χ1v) is 21.7. The number of thioether (sulfide) groups is 1. The smallest absolute Gasteiger partial charge is 0.143 e. The van der Waals surface area contributed by atoms with E-state index >= 15 is 0 Å². The van der Waals surface area contributed by atoms with Crippen LogP contribution in [0.15, 0.2) is 203 Å². The van der Waals surface area contributed by atoms with E-state index in [1.807, 2.05) is 11.8 Å². The van der Waals surface area contributed by atoms with E-state index in [4.69, 9.17) is 4.42 Å². The van der Waals surface area contributed by atoms with E-state index in [0.29, 0.717) is 0 Å². The molecule has 60 heavy (non-hydrogen) atoms. The molecule has 13 rings (SSSR count). The van der Waals surface area contributed by atoms with Gasteiger partial charge in [0.15, 0.2) is 0 Å². The van der Waals surface area contributed by atoms with Gasteiger partial charge < -0.3 is 13.6 Å². The minimum Gasteiger partial charge on any atom is -0.455 e. The summed E-state index contributed by atoms with van der Waals surface area (Å²) in [5, 5.41) is 7.27. The molecule has 0 saturated heterocycles. The van der Waals surface area contributed by atoms with E-state index in [1.165, 1.54) is 81.9 Å². The van der Waals surface area contributed by atoms with Gasteiger partial charge in [-0.05, 0) is 94.9 Å². The number of hydrogen-bond donors (Lipinski definition) is 0. The molecule has 0 amide bonds. The Bertz CT molecular complexity index is 3700. The molecule has 4 heteroatoms. The van der Waals surface area contributed by atoms with Crippen molar-refractivity contribution < 1.29 is 4.42 Å². The largest absolute Gasteiger partial charge is 0.455 e. The topological polar surface area (TPSA) is 23.0 Å². The third-order valence-corrected chi connectivity index (χ3v) is 13.7. The Hall–Kier alpha value is -7.27. The van der Waals surface area contributed by atoms with Crippen molar-refractivity contribution in [2.45, 2.75) is 11.3 Å². The molecule has 4 heterocycles. The summed E-state index contributed by atoms with van der Waals surface area (Å²) < 4.78 is 11.6. The molecular formula is C56H36N2OS. The van der Waals surface area contributed by atoms with Gasteiger partial charge in [0, 0.05) is 65.5 Å². The number of hydrogen-bond acceptors (Lipinski definition) is 2. The fourth-order valence-electron chi connectivity index (χ4n) is 10.1. The maximum atomic E-state index is 6.73. The minimum absolute atomic E-state index is 0.918. The Morgan fingerprint density at radius 2 is 1.02 bits per heavy atom. The summed E-state index contributed by atoms with van der Waals surface area (Å²) in [6, 6.07) is 71.1. The van der Waals surface area contributed by atoms with Gasteiger partial charge in [-0.3, -0.25) is 0 Å². The Labute approximate surface area is 350 Å². The number of nitrogens with zero attached hydrogens (tertiary/aromatic N) is 2. The first kappa shape index (κ1) is 33.7. The number of para-hydroxylation sites is 6. The average molecular weight is 785 g/mol. The number of furan rings is 1. The summed E-state index contributed by atoms with van der Waals surface area (Å²) in [6.45, 7) is 0. The van der Waals surface area contributed by atoms with E-state index in [-0.39, 0.29) is 0 Å². The van der Waals surface area contributed by atoms with Crippen LogP contribution in [0, 0.1) is 0 Å². The van der Waals surface area contributed by atoms with Gasteiger partial charge in [0.25, 0.3) is 0 Å².